The molecule has 1 atom stereocenters. The van der Waals surface area contributed by atoms with Gasteiger partial charge in [0.25, 0.3) is 0 Å². The summed E-state index contributed by atoms with van der Waals surface area (Å²) in [6.45, 7) is 6.68. The number of rotatable bonds is 17. The van der Waals surface area contributed by atoms with Crippen LogP contribution >= 0.6 is 11.8 Å². The summed E-state index contributed by atoms with van der Waals surface area (Å²) in [6, 6.07) is 0. The summed E-state index contributed by atoms with van der Waals surface area (Å²) in [6.07, 6.45) is 24.7. The van der Waals surface area contributed by atoms with Crippen molar-refractivity contribution in [1.82, 2.24) is 0 Å². The van der Waals surface area contributed by atoms with E-state index in [0.29, 0.717) is 6.61 Å². The van der Waals surface area contributed by atoms with Gasteiger partial charge in [-0.1, -0.05) is 69.6 Å². The maximum Gasteiger partial charge on any atom is 0.319 e. The Balaban J connectivity index is 3.66. The molecule has 0 aliphatic rings. The van der Waals surface area contributed by atoms with Gasteiger partial charge in [0.15, 0.2) is 0 Å². The van der Waals surface area contributed by atoms with Crippen LogP contribution in [0.5, 0.6) is 0 Å². The summed E-state index contributed by atoms with van der Waals surface area (Å²) in [4.78, 5) is 12.0. The van der Waals surface area contributed by atoms with Crippen molar-refractivity contribution in [3.05, 3.63) is 36.5 Å². The molecule has 0 spiro atoms. The third-order valence-corrected chi connectivity index (χ3v) is 5.41. The minimum Gasteiger partial charge on any atom is -0.465 e. The molecule has 0 aromatic carbocycles. The third kappa shape index (κ3) is 16.5. The molecule has 0 rings (SSSR count). The van der Waals surface area contributed by atoms with Gasteiger partial charge in [0.1, 0.15) is 5.25 Å². The zero-order valence-electron chi connectivity index (χ0n) is 17.3. The Morgan fingerprint density at radius 1 is 0.885 bits per heavy atom. The molecular formula is C23H40O2S. The average Bonchev–Trinajstić information content (AvgIpc) is 2.64. The Morgan fingerprint density at radius 3 is 2.19 bits per heavy atom. The second-order valence-electron chi connectivity index (χ2n) is 6.40. The number of thioether (sulfide) groups is 1. The molecule has 0 saturated heterocycles. The van der Waals surface area contributed by atoms with E-state index in [1.54, 1.807) is 11.8 Å². The minimum absolute atomic E-state index is 0.0212. The third-order valence-electron chi connectivity index (χ3n) is 3.94. The molecule has 0 radical (unpaired) electrons. The summed E-state index contributed by atoms with van der Waals surface area (Å²) in [5.74, 6) is 1.02. The highest BCUT2D eigenvalue weighted by Crippen LogP contribution is 2.21. The van der Waals surface area contributed by atoms with Crippen molar-refractivity contribution >= 4 is 17.7 Å². The monoisotopic (exact) mass is 380 g/mol. The highest BCUT2D eigenvalue weighted by Gasteiger charge is 2.19. The van der Waals surface area contributed by atoms with Gasteiger partial charge in [0.05, 0.1) is 6.61 Å². The van der Waals surface area contributed by atoms with Crippen molar-refractivity contribution < 1.29 is 9.53 Å². The number of carbonyl (C=O) groups is 1. The molecule has 2 nitrogen and oxygen atoms in total. The van der Waals surface area contributed by atoms with E-state index in [9.17, 15) is 4.79 Å². The van der Waals surface area contributed by atoms with E-state index < -0.39 is 0 Å². The number of allylic oxidation sites excluding steroid dienone is 6. The SMILES string of the molecule is CC/C=C\C/C=C\C/C=C\CCCCCCC(SCCC)C(=O)OCC. The molecule has 0 saturated carbocycles. The molecule has 0 N–H and O–H groups in total. The van der Waals surface area contributed by atoms with Crippen molar-refractivity contribution in [1.29, 1.82) is 0 Å². The molecule has 0 aliphatic heterocycles. The lowest BCUT2D eigenvalue weighted by Gasteiger charge is -2.14. The zero-order chi connectivity index (χ0) is 19.3. The fourth-order valence-electron chi connectivity index (χ4n) is 2.54. The summed E-state index contributed by atoms with van der Waals surface area (Å²) in [5.41, 5.74) is 0. The molecule has 0 heterocycles. The smallest absolute Gasteiger partial charge is 0.319 e. The quantitative estimate of drug-likeness (QED) is 0.151. The molecule has 0 bridgehead atoms. The highest BCUT2D eigenvalue weighted by molar-refractivity contribution is 8.00. The Hall–Kier alpha value is -0.960. The first kappa shape index (κ1) is 25.0. The lowest BCUT2D eigenvalue weighted by atomic mass is 10.1. The summed E-state index contributed by atoms with van der Waals surface area (Å²) >= 11 is 1.76. The van der Waals surface area contributed by atoms with E-state index in [4.69, 9.17) is 4.74 Å². The number of esters is 1. The van der Waals surface area contributed by atoms with Crippen LogP contribution in [0.1, 0.15) is 85.0 Å². The van der Waals surface area contributed by atoms with Crippen LogP contribution in [0, 0.1) is 0 Å². The molecule has 0 amide bonds. The van der Waals surface area contributed by atoms with Gasteiger partial charge in [0, 0.05) is 0 Å². The summed E-state index contributed by atoms with van der Waals surface area (Å²) < 4.78 is 5.19. The van der Waals surface area contributed by atoms with Crippen molar-refractivity contribution in [2.75, 3.05) is 12.4 Å². The molecule has 0 fully saturated rings. The molecule has 3 heteroatoms. The van der Waals surface area contributed by atoms with Crippen LogP contribution in [-0.4, -0.2) is 23.6 Å². The van der Waals surface area contributed by atoms with Crippen molar-refractivity contribution in [2.24, 2.45) is 0 Å². The van der Waals surface area contributed by atoms with Gasteiger partial charge in [0.2, 0.25) is 0 Å². The average molecular weight is 381 g/mol. The van der Waals surface area contributed by atoms with Crippen molar-refractivity contribution in [2.45, 2.75) is 90.2 Å². The van der Waals surface area contributed by atoms with Gasteiger partial charge < -0.3 is 4.74 Å². The first-order chi connectivity index (χ1) is 12.8. The van der Waals surface area contributed by atoms with Crippen LogP contribution < -0.4 is 0 Å². The predicted molar refractivity (Wildman–Crippen MR) is 118 cm³/mol. The van der Waals surface area contributed by atoms with Gasteiger partial charge in [-0.05, 0) is 57.6 Å². The standard InChI is InChI=1S/C23H40O2S/c1-4-7-8-9-10-11-12-13-14-15-16-17-18-19-20-22(26-21-5-2)23(24)25-6-3/h7-8,10-11,13-14,22H,4-6,9,12,15-21H2,1-3H3/b8-7-,11-10-,14-13-. The Bertz CT molecular complexity index is 399. The maximum absolute atomic E-state index is 12.0. The van der Waals surface area contributed by atoms with Crippen LogP contribution in [0.2, 0.25) is 0 Å². The molecule has 1 unspecified atom stereocenters. The summed E-state index contributed by atoms with van der Waals surface area (Å²) in [5, 5.41) is 0.0359. The molecule has 150 valence electrons. The fraction of sp³-hybridized carbons (Fsp3) is 0.696. The van der Waals surface area contributed by atoms with Crippen molar-refractivity contribution in [3.8, 4) is 0 Å². The molecule has 0 aromatic heterocycles. The van der Waals surface area contributed by atoms with Crippen LogP contribution in [0.15, 0.2) is 36.5 Å². The van der Waals surface area contributed by atoms with Crippen LogP contribution in [0.4, 0.5) is 0 Å². The second-order valence-corrected chi connectivity index (χ2v) is 7.71. The van der Waals surface area contributed by atoms with E-state index in [2.05, 4.69) is 50.3 Å². The van der Waals surface area contributed by atoms with Crippen LogP contribution in [0.3, 0.4) is 0 Å². The zero-order valence-corrected chi connectivity index (χ0v) is 18.1. The van der Waals surface area contributed by atoms with Gasteiger partial charge >= 0.3 is 5.97 Å². The predicted octanol–water partition coefficient (Wildman–Crippen LogP) is 7.26. The number of hydrogen-bond acceptors (Lipinski definition) is 3. The fourth-order valence-corrected chi connectivity index (χ4v) is 3.59. The normalized spacial score (nSPS) is 13.2. The van der Waals surface area contributed by atoms with Crippen LogP contribution in [0.25, 0.3) is 0 Å². The van der Waals surface area contributed by atoms with E-state index in [0.717, 1.165) is 50.7 Å². The first-order valence-corrected chi connectivity index (χ1v) is 11.5. The van der Waals surface area contributed by atoms with Crippen LogP contribution in [-0.2, 0) is 9.53 Å². The van der Waals surface area contributed by atoms with E-state index >= 15 is 0 Å². The lowest BCUT2D eigenvalue weighted by Crippen LogP contribution is -2.20. The minimum atomic E-state index is -0.0212. The van der Waals surface area contributed by atoms with Gasteiger partial charge in [-0.2, -0.15) is 0 Å². The second kappa shape index (κ2) is 20.4. The lowest BCUT2D eigenvalue weighted by molar-refractivity contribution is -0.142. The topological polar surface area (TPSA) is 26.3 Å². The molecule has 0 aliphatic carbocycles. The van der Waals surface area contributed by atoms with Gasteiger partial charge in [-0.25, -0.2) is 0 Å². The molecule has 26 heavy (non-hydrogen) atoms. The van der Waals surface area contributed by atoms with Gasteiger partial charge in [-0.3, -0.25) is 4.79 Å². The number of ether oxygens (including phenoxy) is 1. The van der Waals surface area contributed by atoms with E-state index in [1.807, 2.05) is 6.92 Å². The van der Waals surface area contributed by atoms with E-state index in [1.165, 1.54) is 19.3 Å². The molecular weight excluding hydrogens is 340 g/mol. The largest absolute Gasteiger partial charge is 0.465 e. The number of carbonyl (C=O) groups excluding carboxylic acids is 1. The van der Waals surface area contributed by atoms with Gasteiger partial charge in [-0.15, -0.1) is 11.8 Å². The highest BCUT2D eigenvalue weighted by atomic mass is 32.2. The van der Waals surface area contributed by atoms with Crippen molar-refractivity contribution in [3.63, 3.8) is 0 Å². The number of hydrogen-bond donors (Lipinski definition) is 0. The Morgan fingerprint density at radius 2 is 1.54 bits per heavy atom. The Labute approximate surface area is 166 Å². The number of unbranched alkanes of at least 4 members (excludes halogenated alkanes) is 4. The Kier molecular flexibility index (Phi) is 19.6. The molecule has 0 aromatic rings. The first-order valence-electron chi connectivity index (χ1n) is 10.5. The van der Waals surface area contributed by atoms with E-state index in [-0.39, 0.29) is 11.2 Å². The summed E-state index contributed by atoms with van der Waals surface area (Å²) in [7, 11) is 0. The maximum atomic E-state index is 12.0.